The lowest BCUT2D eigenvalue weighted by Gasteiger charge is -2.07. The van der Waals surface area contributed by atoms with Gasteiger partial charge in [0.25, 0.3) is 0 Å². The van der Waals surface area contributed by atoms with E-state index < -0.39 is 0 Å². The van der Waals surface area contributed by atoms with Gasteiger partial charge in [0.1, 0.15) is 17.2 Å². The summed E-state index contributed by atoms with van der Waals surface area (Å²) in [4.78, 5) is 17.1. The summed E-state index contributed by atoms with van der Waals surface area (Å²) < 4.78 is 2.53. The maximum Gasteiger partial charge on any atom is 0.235 e. The number of fused-ring (bicyclic) bond motifs is 1. The average molecular weight is 382 g/mol. The predicted molar refractivity (Wildman–Crippen MR) is 104 cm³/mol. The largest absolute Gasteiger partial charge is 0.374 e. The van der Waals surface area contributed by atoms with E-state index in [-0.39, 0.29) is 11.7 Å². The maximum atomic E-state index is 12.5. The number of thioether (sulfide) groups is 1. The van der Waals surface area contributed by atoms with Crippen molar-refractivity contribution in [2.45, 2.75) is 4.34 Å². The maximum absolute atomic E-state index is 12.5. The Balaban J connectivity index is 1.61. The van der Waals surface area contributed by atoms with E-state index in [4.69, 9.17) is 5.73 Å². The standard InChI is InChI=1S/C17H14N6OS2/c18-16-21-22-17(26-16)25-10-13(24)20-15-14(11-6-2-1-3-7-11)19-12-8-4-5-9-23(12)15/h1-9H,10H2,(H2,18,21)(H,20,24). The van der Waals surface area contributed by atoms with Crippen LogP contribution in [0.4, 0.5) is 10.9 Å². The highest BCUT2D eigenvalue weighted by Crippen LogP contribution is 2.29. The lowest BCUT2D eigenvalue weighted by molar-refractivity contribution is -0.113. The molecule has 3 aromatic heterocycles. The number of nitrogens with zero attached hydrogens (tertiary/aromatic N) is 4. The Morgan fingerprint density at radius 2 is 1.96 bits per heavy atom. The Bertz CT molecular complexity index is 1060. The van der Waals surface area contributed by atoms with Crippen LogP contribution in [0, 0.1) is 0 Å². The molecule has 9 heteroatoms. The van der Waals surface area contributed by atoms with Gasteiger partial charge in [-0.3, -0.25) is 9.20 Å². The van der Waals surface area contributed by atoms with Crippen LogP contribution in [-0.2, 0) is 4.79 Å². The van der Waals surface area contributed by atoms with Crippen LogP contribution in [0.5, 0.6) is 0 Å². The molecule has 0 aliphatic carbocycles. The van der Waals surface area contributed by atoms with E-state index in [1.165, 1.54) is 23.1 Å². The van der Waals surface area contributed by atoms with Gasteiger partial charge in [0.05, 0.1) is 5.75 Å². The summed E-state index contributed by atoms with van der Waals surface area (Å²) in [7, 11) is 0. The van der Waals surface area contributed by atoms with Gasteiger partial charge in [-0.2, -0.15) is 0 Å². The SMILES string of the molecule is Nc1nnc(SCC(=O)Nc2c(-c3ccccc3)nc3ccccn23)s1. The molecule has 3 N–H and O–H groups in total. The predicted octanol–water partition coefficient (Wildman–Crippen LogP) is 3.17. The van der Waals surface area contributed by atoms with Crippen molar-refractivity contribution in [1.82, 2.24) is 19.6 Å². The van der Waals surface area contributed by atoms with Gasteiger partial charge in [-0.05, 0) is 12.1 Å². The molecule has 0 aliphatic rings. The fourth-order valence-electron chi connectivity index (χ4n) is 2.49. The number of amides is 1. The van der Waals surface area contributed by atoms with Gasteiger partial charge in [-0.1, -0.05) is 59.5 Å². The molecule has 0 bridgehead atoms. The average Bonchev–Trinajstić information content (AvgIpc) is 3.25. The summed E-state index contributed by atoms with van der Waals surface area (Å²) >= 11 is 2.56. The number of nitrogen functional groups attached to an aromatic ring is 1. The van der Waals surface area contributed by atoms with Gasteiger partial charge >= 0.3 is 0 Å². The quantitative estimate of drug-likeness (QED) is 0.515. The minimum atomic E-state index is -0.147. The lowest BCUT2D eigenvalue weighted by atomic mass is 10.1. The van der Waals surface area contributed by atoms with E-state index >= 15 is 0 Å². The number of benzene rings is 1. The van der Waals surface area contributed by atoms with Crippen LogP contribution in [0.25, 0.3) is 16.9 Å². The van der Waals surface area contributed by atoms with Crippen molar-refractivity contribution in [2.75, 3.05) is 16.8 Å². The van der Waals surface area contributed by atoms with Crippen molar-refractivity contribution in [3.8, 4) is 11.3 Å². The first-order valence-electron chi connectivity index (χ1n) is 7.75. The number of nitrogens with two attached hydrogens (primary N) is 1. The molecule has 4 aromatic rings. The molecule has 1 aromatic carbocycles. The van der Waals surface area contributed by atoms with Crippen LogP contribution in [0.3, 0.4) is 0 Å². The van der Waals surface area contributed by atoms with Crippen LogP contribution in [-0.4, -0.2) is 31.2 Å². The first-order chi connectivity index (χ1) is 12.7. The van der Waals surface area contributed by atoms with Crippen molar-refractivity contribution in [2.24, 2.45) is 0 Å². The number of rotatable bonds is 5. The molecular formula is C17H14N6OS2. The zero-order valence-electron chi connectivity index (χ0n) is 13.5. The first-order valence-corrected chi connectivity index (χ1v) is 9.55. The summed E-state index contributed by atoms with van der Waals surface area (Å²) in [6.07, 6.45) is 1.88. The number of pyridine rings is 1. The third-order valence-electron chi connectivity index (χ3n) is 3.58. The Hall–Kier alpha value is -2.91. The highest BCUT2D eigenvalue weighted by molar-refractivity contribution is 8.01. The smallest absolute Gasteiger partial charge is 0.235 e. The molecule has 0 aliphatic heterocycles. The van der Waals surface area contributed by atoms with Crippen molar-refractivity contribution in [1.29, 1.82) is 0 Å². The van der Waals surface area contributed by atoms with E-state index in [9.17, 15) is 4.79 Å². The van der Waals surface area contributed by atoms with Gasteiger partial charge in [0, 0.05) is 11.8 Å². The van der Waals surface area contributed by atoms with E-state index in [1.54, 1.807) is 0 Å². The zero-order chi connectivity index (χ0) is 17.9. The Labute approximate surface area is 157 Å². The van der Waals surface area contributed by atoms with Crippen LogP contribution in [0.2, 0.25) is 0 Å². The van der Waals surface area contributed by atoms with Gasteiger partial charge in [0.15, 0.2) is 4.34 Å². The second kappa shape index (κ2) is 7.14. The molecule has 0 fully saturated rings. The molecule has 3 heterocycles. The number of imidazole rings is 1. The van der Waals surface area contributed by atoms with E-state index in [2.05, 4.69) is 20.5 Å². The van der Waals surface area contributed by atoms with Crippen molar-refractivity contribution in [3.05, 3.63) is 54.7 Å². The molecule has 1 amide bonds. The molecular weight excluding hydrogens is 368 g/mol. The number of nitrogens with one attached hydrogen (secondary N) is 1. The van der Waals surface area contributed by atoms with Crippen molar-refractivity contribution < 1.29 is 4.79 Å². The molecule has 0 saturated carbocycles. The fraction of sp³-hybridized carbons (Fsp3) is 0.0588. The minimum Gasteiger partial charge on any atom is -0.374 e. The summed E-state index contributed by atoms with van der Waals surface area (Å²) in [5, 5.41) is 11.0. The van der Waals surface area contributed by atoms with Gasteiger partial charge < -0.3 is 11.1 Å². The molecule has 0 saturated heterocycles. The third kappa shape index (κ3) is 3.39. The van der Waals surface area contributed by atoms with Gasteiger partial charge in [0.2, 0.25) is 11.0 Å². The van der Waals surface area contributed by atoms with Crippen LogP contribution < -0.4 is 11.1 Å². The fourth-order valence-corrected chi connectivity index (χ4v) is 3.92. The summed E-state index contributed by atoms with van der Waals surface area (Å²) in [5.41, 5.74) is 8.00. The van der Waals surface area contributed by atoms with Gasteiger partial charge in [-0.15, -0.1) is 10.2 Å². The lowest BCUT2D eigenvalue weighted by Crippen LogP contribution is -2.16. The van der Waals surface area contributed by atoms with E-state index in [1.807, 2.05) is 59.1 Å². The van der Waals surface area contributed by atoms with Crippen molar-refractivity contribution >= 4 is 45.6 Å². The Morgan fingerprint density at radius 1 is 1.15 bits per heavy atom. The monoisotopic (exact) mass is 382 g/mol. The Kier molecular flexibility index (Phi) is 4.55. The van der Waals surface area contributed by atoms with Gasteiger partial charge in [-0.25, -0.2) is 4.98 Å². The van der Waals surface area contributed by atoms with Crippen LogP contribution in [0.15, 0.2) is 59.1 Å². The molecule has 0 atom stereocenters. The van der Waals surface area contributed by atoms with Crippen molar-refractivity contribution in [3.63, 3.8) is 0 Å². The van der Waals surface area contributed by atoms with Crippen LogP contribution >= 0.6 is 23.1 Å². The van der Waals surface area contributed by atoms with Crippen LogP contribution in [0.1, 0.15) is 0 Å². The summed E-state index contributed by atoms with van der Waals surface area (Å²) in [5.74, 6) is 0.712. The normalized spacial score (nSPS) is 10.9. The number of anilines is 2. The molecule has 130 valence electrons. The van der Waals surface area contributed by atoms with E-state index in [0.717, 1.165) is 16.9 Å². The molecule has 7 nitrogen and oxygen atoms in total. The number of hydrogen-bond acceptors (Lipinski definition) is 7. The topological polar surface area (TPSA) is 98.2 Å². The minimum absolute atomic E-state index is 0.147. The molecule has 0 unspecified atom stereocenters. The second-order valence-electron chi connectivity index (χ2n) is 5.35. The Morgan fingerprint density at radius 3 is 2.73 bits per heavy atom. The molecule has 4 rings (SSSR count). The number of carbonyl (C=O) groups is 1. The number of hydrogen-bond donors (Lipinski definition) is 2. The summed E-state index contributed by atoms with van der Waals surface area (Å²) in [6.45, 7) is 0. The highest BCUT2D eigenvalue weighted by atomic mass is 32.2. The summed E-state index contributed by atoms with van der Waals surface area (Å²) in [6, 6.07) is 15.5. The first kappa shape index (κ1) is 16.6. The highest BCUT2D eigenvalue weighted by Gasteiger charge is 2.16. The molecule has 0 radical (unpaired) electrons. The molecule has 0 spiro atoms. The molecule has 26 heavy (non-hydrogen) atoms. The third-order valence-corrected chi connectivity index (χ3v) is 5.47. The second-order valence-corrected chi connectivity index (χ2v) is 7.58. The number of carbonyl (C=O) groups excluding carboxylic acids is 1. The number of aromatic nitrogens is 4. The van der Waals surface area contributed by atoms with E-state index in [0.29, 0.717) is 15.3 Å². The zero-order valence-corrected chi connectivity index (χ0v) is 15.1.